The molecule has 4 rings (SSSR count). The zero-order chi connectivity index (χ0) is 20.9. The molecule has 9 nitrogen and oxygen atoms in total. The first kappa shape index (κ1) is 20.0. The highest BCUT2D eigenvalue weighted by Crippen LogP contribution is 2.36. The predicted molar refractivity (Wildman–Crippen MR) is 114 cm³/mol. The van der Waals surface area contributed by atoms with Crippen LogP contribution in [0.4, 0.5) is 10.5 Å². The van der Waals surface area contributed by atoms with Crippen LogP contribution >= 0.6 is 0 Å². The third kappa shape index (κ3) is 4.98. The SMILES string of the molecule is CN(C)CCN(Cc1cccnc1)C(=O)Nc1cccc(-c2nnnn2C2CC2)c1. The van der Waals surface area contributed by atoms with Gasteiger partial charge in [0.25, 0.3) is 0 Å². The minimum absolute atomic E-state index is 0.153. The van der Waals surface area contributed by atoms with Crippen LogP contribution in [0.25, 0.3) is 11.4 Å². The van der Waals surface area contributed by atoms with Gasteiger partial charge in [-0.1, -0.05) is 18.2 Å². The molecule has 1 saturated carbocycles. The molecule has 0 aliphatic heterocycles. The van der Waals surface area contributed by atoms with Gasteiger partial charge in [-0.3, -0.25) is 4.98 Å². The van der Waals surface area contributed by atoms with Crippen LogP contribution in [-0.4, -0.2) is 68.2 Å². The van der Waals surface area contributed by atoms with E-state index in [1.54, 1.807) is 17.3 Å². The van der Waals surface area contributed by atoms with Gasteiger partial charge in [0.05, 0.1) is 6.04 Å². The summed E-state index contributed by atoms with van der Waals surface area (Å²) in [5.74, 6) is 0.730. The summed E-state index contributed by atoms with van der Waals surface area (Å²) >= 11 is 0. The van der Waals surface area contributed by atoms with Crippen LogP contribution in [0, 0.1) is 0 Å². The topological polar surface area (TPSA) is 92.1 Å². The number of carbonyl (C=O) groups excluding carboxylic acids is 1. The summed E-state index contributed by atoms with van der Waals surface area (Å²) < 4.78 is 1.87. The van der Waals surface area contributed by atoms with E-state index in [1.807, 2.05) is 55.2 Å². The van der Waals surface area contributed by atoms with Gasteiger partial charge in [-0.25, -0.2) is 9.48 Å². The lowest BCUT2D eigenvalue weighted by Gasteiger charge is -2.25. The Kier molecular flexibility index (Phi) is 5.99. The van der Waals surface area contributed by atoms with Crippen molar-refractivity contribution in [3.63, 3.8) is 0 Å². The van der Waals surface area contributed by atoms with E-state index in [0.29, 0.717) is 24.8 Å². The summed E-state index contributed by atoms with van der Waals surface area (Å²) in [6.45, 7) is 1.87. The molecule has 0 spiro atoms. The number of hydrogen-bond donors (Lipinski definition) is 1. The highest BCUT2D eigenvalue weighted by atomic mass is 16.2. The molecule has 2 aromatic heterocycles. The molecule has 156 valence electrons. The average Bonchev–Trinajstić information content (AvgIpc) is 3.48. The molecule has 2 heterocycles. The van der Waals surface area contributed by atoms with E-state index in [9.17, 15) is 4.79 Å². The largest absolute Gasteiger partial charge is 0.322 e. The fourth-order valence-electron chi connectivity index (χ4n) is 3.17. The van der Waals surface area contributed by atoms with E-state index < -0.39 is 0 Å². The van der Waals surface area contributed by atoms with Gasteiger partial charge in [-0.05, 0) is 61.1 Å². The number of anilines is 1. The van der Waals surface area contributed by atoms with E-state index in [1.165, 1.54) is 0 Å². The maximum atomic E-state index is 13.0. The smallest absolute Gasteiger partial charge is 0.319 e. The van der Waals surface area contributed by atoms with Gasteiger partial charge in [0, 0.05) is 43.3 Å². The van der Waals surface area contributed by atoms with Crippen LogP contribution in [0.15, 0.2) is 48.8 Å². The van der Waals surface area contributed by atoms with Crippen molar-refractivity contribution in [3.05, 3.63) is 54.4 Å². The van der Waals surface area contributed by atoms with Crippen LogP contribution in [0.3, 0.4) is 0 Å². The number of aromatic nitrogens is 5. The first-order chi connectivity index (χ1) is 14.6. The number of amides is 2. The third-order valence-corrected chi connectivity index (χ3v) is 4.96. The van der Waals surface area contributed by atoms with E-state index in [4.69, 9.17) is 0 Å². The minimum atomic E-state index is -0.153. The molecule has 1 fully saturated rings. The van der Waals surface area contributed by atoms with Gasteiger partial charge >= 0.3 is 6.03 Å². The zero-order valence-electron chi connectivity index (χ0n) is 17.3. The second kappa shape index (κ2) is 9.00. The molecule has 0 saturated heterocycles. The number of nitrogens with one attached hydrogen (secondary N) is 1. The third-order valence-electron chi connectivity index (χ3n) is 4.96. The van der Waals surface area contributed by atoms with Gasteiger partial charge in [-0.2, -0.15) is 0 Å². The number of likely N-dealkylation sites (N-methyl/N-ethyl adjacent to an activating group) is 1. The van der Waals surface area contributed by atoms with E-state index in [0.717, 1.165) is 36.3 Å². The Hall–Kier alpha value is -3.33. The highest BCUT2D eigenvalue weighted by Gasteiger charge is 2.28. The van der Waals surface area contributed by atoms with Crippen molar-refractivity contribution < 1.29 is 4.79 Å². The Morgan fingerprint density at radius 1 is 1.20 bits per heavy atom. The van der Waals surface area contributed by atoms with Crippen LogP contribution in [0.1, 0.15) is 24.4 Å². The Morgan fingerprint density at radius 3 is 2.80 bits per heavy atom. The molecule has 0 bridgehead atoms. The summed E-state index contributed by atoms with van der Waals surface area (Å²) in [6, 6.07) is 11.7. The molecule has 9 heteroatoms. The molecule has 0 radical (unpaired) electrons. The number of nitrogens with zero attached hydrogens (tertiary/aromatic N) is 7. The molecular weight excluding hydrogens is 380 g/mol. The lowest BCUT2D eigenvalue weighted by atomic mass is 10.2. The molecule has 1 aromatic carbocycles. The molecule has 1 aliphatic carbocycles. The standard InChI is InChI=1S/C21H26N8O/c1-27(2)11-12-28(15-16-5-4-10-22-14-16)21(30)23-18-7-3-6-17(13-18)20-24-25-26-29(20)19-8-9-19/h3-7,10,13-14,19H,8-9,11-12,15H2,1-2H3,(H,23,30). The number of benzene rings is 1. The minimum Gasteiger partial charge on any atom is -0.319 e. The Balaban J connectivity index is 1.49. The second-order valence-electron chi connectivity index (χ2n) is 7.78. The fourth-order valence-corrected chi connectivity index (χ4v) is 3.17. The monoisotopic (exact) mass is 406 g/mol. The molecule has 30 heavy (non-hydrogen) atoms. The van der Waals surface area contributed by atoms with Crippen LogP contribution < -0.4 is 5.32 Å². The maximum absolute atomic E-state index is 13.0. The number of rotatable bonds is 8. The van der Waals surface area contributed by atoms with Crippen molar-refractivity contribution >= 4 is 11.7 Å². The lowest BCUT2D eigenvalue weighted by Crippen LogP contribution is -2.39. The fraction of sp³-hybridized carbons (Fsp3) is 0.381. The lowest BCUT2D eigenvalue weighted by molar-refractivity contribution is 0.202. The Bertz CT molecular complexity index is 983. The molecule has 1 aliphatic rings. The van der Waals surface area contributed by atoms with Crippen molar-refractivity contribution in [1.82, 2.24) is 35.0 Å². The predicted octanol–water partition coefficient (Wildman–Crippen LogP) is 2.67. The van der Waals surface area contributed by atoms with Crippen molar-refractivity contribution in [2.45, 2.75) is 25.4 Å². The van der Waals surface area contributed by atoms with E-state index in [2.05, 4.69) is 30.7 Å². The number of tetrazole rings is 1. The number of urea groups is 1. The summed E-state index contributed by atoms with van der Waals surface area (Å²) in [7, 11) is 3.99. The van der Waals surface area contributed by atoms with E-state index >= 15 is 0 Å². The summed E-state index contributed by atoms with van der Waals surface area (Å²) in [5.41, 5.74) is 2.59. The highest BCUT2D eigenvalue weighted by molar-refractivity contribution is 5.90. The first-order valence-electron chi connectivity index (χ1n) is 10.1. The normalized spacial score (nSPS) is 13.4. The first-order valence-corrected chi connectivity index (χ1v) is 10.1. The van der Waals surface area contributed by atoms with Gasteiger partial charge in [-0.15, -0.1) is 5.10 Å². The van der Waals surface area contributed by atoms with Crippen LogP contribution in [0.5, 0.6) is 0 Å². The maximum Gasteiger partial charge on any atom is 0.322 e. The molecule has 3 aromatic rings. The van der Waals surface area contributed by atoms with Gasteiger partial charge in [0.1, 0.15) is 0 Å². The molecule has 0 atom stereocenters. The van der Waals surface area contributed by atoms with Crippen molar-refractivity contribution in [3.8, 4) is 11.4 Å². The number of hydrogen-bond acceptors (Lipinski definition) is 6. The molecule has 0 unspecified atom stereocenters. The average molecular weight is 406 g/mol. The Labute approximate surface area is 175 Å². The van der Waals surface area contributed by atoms with Crippen molar-refractivity contribution in [2.75, 3.05) is 32.5 Å². The van der Waals surface area contributed by atoms with Crippen molar-refractivity contribution in [1.29, 1.82) is 0 Å². The Morgan fingerprint density at radius 2 is 2.07 bits per heavy atom. The number of pyridine rings is 1. The van der Waals surface area contributed by atoms with Crippen molar-refractivity contribution in [2.24, 2.45) is 0 Å². The van der Waals surface area contributed by atoms with Crippen LogP contribution in [-0.2, 0) is 6.54 Å². The summed E-state index contributed by atoms with van der Waals surface area (Å²) in [6.07, 6.45) is 5.72. The van der Waals surface area contributed by atoms with Crippen LogP contribution in [0.2, 0.25) is 0 Å². The second-order valence-corrected chi connectivity index (χ2v) is 7.78. The zero-order valence-corrected chi connectivity index (χ0v) is 17.3. The van der Waals surface area contributed by atoms with Gasteiger partial charge in [0.2, 0.25) is 0 Å². The quantitative estimate of drug-likeness (QED) is 0.618. The summed E-state index contributed by atoms with van der Waals surface area (Å²) in [4.78, 5) is 21.0. The molecule has 2 amide bonds. The number of carbonyl (C=O) groups is 1. The molecule has 1 N–H and O–H groups in total. The van der Waals surface area contributed by atoms with Gasteiger partial charge in [0.15, 0.2) is 5.82 Å². The summed E-state index contributed by atoms with van der Waals surface area (Å²) in [5, 5.41) is 15.1. The van der Waals surface area contributed by atoms with Gasteiger partial charge < -0.3 is 15.1 Å². The molecular formula is C21H26N8O. The van der Waals surface area contributed by atoms with E-state index in [-0.39, 0.29) is 6.03 Å².